The number of fused-ring (bicyclic) bond motifs is 14. The van der Waals surface area contributed by atoms with Crippen LogP contribution in [0.1, 0.15) is 0 Å². The van der Waals surface area contributed by atoms with Crippen molar-refractivity contribution in [2.45, 2.75) is 0 Å². The van der Waals surface area contributed by atoms with E-state index in [2.05, 4.69) is 78.9 Å². The summed E-state index contributed by atoms with van der Waals surface area (Å²) in [4.78, 5) is 4.92. The number of furan rings is 1. The van der Waals surface area contributed by atoms with Gasteiger partial charge in [-0.3, -0.25) is 4.98 Å². The largest absolute Gasteiger partial charge is 0.456 e. The van der Waals surface area contributed by atoms with Crippen LogP contribution in [-0.4, -0.2) is 4.98 Å². The van der Waals surface area contributed by atoms with Crippen LogP contribution in [0.4, 0.5) is 0 Å². The van der Waals surface area contributed by atoms with Gasteiger partial charge < -0.3 is 4.42 Å². The zero-order valence-corrected chi connectivity index (χ0v) is 17.7. The van der Waals surface area contributed by atoms with E-state index in [-0.39, 0.29) is 0 Å². The normalized spacial score (nSPS) is 12.2. The highest BCUT2D eigenvalue weighted by molar-refractivity contribution is 6.39. The Balaban J connectivity index is 1.78. The van der Waals surface area contributed by atoms with Gasteiger partial charge in [0, 0.05) is 33.1 Å². The molecule has 0 N–H and O–H groups in total. The van der Waals surface area contributed by atoms with Gasteiger partial charge in [0.1, 0.15) is 11.2 Å². The maximum Gasteiger partial charge on any atom is 0.136 e. The number of rotatable bonds is 0. The Morgan fingerprint density at radius 3 is 1.85 bits per heavy atom. The zero-order valence-electron chi connectivity index (χ0n) is 17.7. The summed E-state index contributed by atoms with van der Waals surface area (Å²) in [6, 6.07) is 34.4. The quantitative estimate of drug-likeness (QED) is 0.230. The van der Waals surface area contributed by atoms with Gasteiger partial charge in [0.05, 0.1) is 5.52 Å². The summed E-state index contributed by atoms with van der Waals surface area (Å²) >= 11 is 0. The molecular weight excluding hydrogens is 402 g/mol. The van der Waals surface area contributed by atoms with E-state index < -0.39 is 0 Å². The maximum atomic E-state index is 6.31. The molecule has 0 saturated carbocycles. The smallest absolute Gasteiger partial charge is 0.136 e. The van der Waals surface area contributed by atoms with Crippen molar-refractivity contribution in [1.82, 2.24) is 4.98 Å². The molecule has 0 aliphatic rings. The van der Waals surface area contributed by atoms with Crippen molar-refractivity contribution < 1.29 is 4.42 Å². The van der Waals surface area contributed by atoms with Crippen molar-refractivity contribution >= 4 is 75.9 Å². The number of pyridine rings is 1. The molecule has 0 aliphatic carbocycles. The van der Waals surface area contributed by atoms with E-state index in [4.69, 9.17) is 9.40 Å². The first-order valence-electron chi connectivity index (χ1n) is 11.2. The molecular formula is C31H17NO. The Kier molecular flexibility index (Phi) is 3.16. The van der Waals surface area contributed by atoms with Crippen LogP contribution in [0, 0.1) is 0 Å². The number of aromatic nitrogens is 1. The van der Waals surface area contributed by atoms with Crippen molar-refractivity contribution in [2.24, 2.45) is 0 Å². The molecule has 0 unspecified atom stereocenters. The third-order valence-corrected chi connectivity index (χ3v) is 7.05. The molecule has 2 heterocycles. The first-order chi connectivity index (χ1) is 16.4. The monoisotopic (exact) mass is 419 g/mol. The fourth-order valence-electron chi connectivity index (χ4n) is 5.69. The van der Waals surface area contributed by atoms with Gasteiger partial charge in [-0.25, -0.2) is 0 Å². The predicted octanol–water partition coefficient (Wildman–Crippen LogP) is 8.75. The molecule has 0 fully saturated rings. The predicted molar refractivity (Wildman–Crippen MR) is 139 cm³/mol. The topological polar surface area (TPSA) is 26.0 Å². The number of benzene rings is 6. The molecule has 2 nitrogen and oxygen atoms in total. The average molecular weight is 419 g/mol. The SMILES string of the molecule is c1ccc2c(c1)oc1cc3c(cc12)c1cccnc1c1c2ccccc2c2ccccc2c31. The summed E-state index contributed by atoms with van der Waals surface area (Å²) in [5.74, 6) is 0. The van der Waals surface area contributed by atoms with E-state index in [0.717, 1.165) is 27.5 Å². The molecule has 152 valence electrons. The van der Waals surface area contributed by atoms with E-state index in [0.29, 0.717) is 0 Å². The van der Waals surface area contributed by atoms with Crippen LogP contribution in [0.2, 0.25) is 0 Å². The van der Waals surface area contributed by atoms with E-state index in [1.54, 1.807) is 0 Å². The van der Waals surface area contributed by atoms with Crippen LogP contribution >= 0.6 is 0 Å². The standard InChI is InChI=1S/C31H17NO/c1-3-11-21-18(8-1)19-9-2-4-12-22(19)30-29(21)26-17-28-25(20-10-5-6-14-27(20)33-28)16-24(26)23-13-7-15-32-31(23)30/h1-17H. The molecule has 8 aromatic rings. The van der Waals surface area contributed by atoms with Crippen LogP contribution in [0.25, 0.3) is 75.9 Å². The third kappa shape index (κ3) is 2.15. The fraction of sp³-hybridized carbons (Fsp3) is 0. The van der Waals surface area contributed by atoms with E-state index in [1.807, 2.05) is 24.4 Å². The van der Waals surface area contributed by atoms with Crippen molar-refractivity contribution in [3.05, 3.63) is 103 Å². The Labute approximate surface area is 188 Å². The Morgan fingerprint density at radius 2 is 1.06 bits per heavy atom. The van der Waals surface area contributed by atoms with E-state index in [9.17, 15) is 0 Å². The highest BCUT2D eigenvalue weighted by atomic mass is 16.3. The number of hydrogen-bond donors (Lipinski definition) is 0. The van der Waals surface area contributed by atoms with Crippen molar-refractivity contribution in [2.75, 3.05) is 0 Å². The van der Waals surface area contributed by atoms with Crippen molar-refractivity contribution in [3.8, 4) is 0 Å². The highest BCUT2D eigenvalue weighted by Gasteiger charge is 2.18. The minimum atomic E-state index is 0.921. The minimum Gasteiger partial charge on any atom is -0.456 e. The summed E-state index contributed by atoms with van der Waals surface area (Å²) in [6.45, 7) is 0. The molecule has 0 spiro atoms. The third-order valence-electron chi connectivity index (χ3n) is 7.05. The molecule has 6 aromatic carbocycles. The highest BCUT2D eigenvalue weighted by Crippen LogP contribution is 2.44. The molecule has 2 heteroatoms. The lowest BCUT2D eigenvalue weighted by Crippen LogP contribution is -1.89. The second-order valence-electron chi connectivity index (χ2n) is 8.73. The number of nitrogens with zero attached hydrogens (tertiary/aromatic N) is 1. The Hall–Kier alpha value is -4.43. The van der Waals surface area contributed by atoms with Gasteiger partial charge >= 0.3 is 0 Å². The lowest BCUT2D eigenvalue weighted by Gasteiger charge is -2.15. The lowest BCUT2D eigenvalue weighted by atomic mass is 9.88. The Morgan fingerprint density at radius 1 is 0.424 bits per heavy atom. The molecule has 8 rings (SSSR count). The summed E-state index contributed by atoms with van der Waals surface area (Å²) in [6.07, 6.45) is 1.91. The summed E-state index contributed by atoms with van der Waals surface area (Å²) < 4.78 is 6.31. The van der Waals surface area contributed by atoms with Crippen LogP contribution in [0.15, 0.2) is 108 Å². The van der Waals surface area contributed by atoms with Gasteiger partial charge in [-0.1, -0.05) is 72.8 Å². The molecule has 0 saturated heterocycles. The number of para-hydroxylation sites is 1. The average Bonchev–Trinajstić information content (AvgIpc) is 3.25. The summed E-state index contributed by atoms with van der Waals surface area (Å²) in [5, 5.41) is 13.4. The zero-order chi connectivity index (χ0) is 21.5. The van der Waals surface area contributed by atoms with Crippen LogP contribution in [-0.2, 0) is 0 Å². The number of hydrogen-bond acceptors (Lipinski definition) is 2. The van der Waals surface area contributed by atoms with Crippen LogP contribution < -0.4 is 0 Å². The van der Waals surface area contributed by atoms with E-state index >= 15 is 0 Å². The van der Waals surface area contributed by atoms with Gasteiger partial charge in [-0.15, -0.1) is 0 Å². The van der Waals surface area contributed by atoms with Gasteiger partial charge in [0.15, 0.2) is 0 Å². The van der Waals surface area contributed by atoms with Gasteiger partial charge in [0.25, 0.3) is 0 Å². The van der Waals surface area contributed by atoms with Crippen molar-refractivity contribution in [3.63, 3.8) is 0 Å². The summed E-state index contributed by atoms with van der Waals surface area (Å²) in [7, 11) is 0. The van der Waals surface area contributed by atoms with E-state index in [1.165, 1.54) is 48.5 Å². The second-order valence-corrected chi connectivity index (χ2v) is 8.73. The molecule has 0 radical (unpaired) electrons. The van der Waals surface area contributed by atoms with Crippen LogP contribution in [0.3, 0.4) is 0 Å². The lowest BCUT2D eigenvalue weighted by molar-refractivity contribution is 0.669. The second kappa shape index (κ2) is 6.08. The van der Waals surface area contributed by atoms with Gasteiger partial charge in [-0.2, -0.15) is 0 Å². The van der Waals surface area contributed by atoms with Crippen molar-refractivity contribution in [1.29, 1.82) is 0 Å². The molecule has 0 bridgehead atoms. The molecule has 0 atom stereocenters. The van der Waals surface area contributed by atoms with Gasteiger partial charge in [0.2, 0.25) is 0 Å². The van der Waals surface area contributed by atoms with Crippen LogP contribution in [0.5, 0.6) is 0 Å². The maximum absolute atomic E-state index is 6.31. The van der Waals surface area contributed by atoms with Gasteiger partial charge in [-0.05, 0) is 56.6 Å². The first-order valence-corrected chi connectivity index (χ1v) is 11.2. The summed E-state index contributed by atoms with van der Waals surface area (Å²) in [5.41, 5.74) is 2.89. The molecule has 33 heavy (non-hydrogen) atoms. The molecule has 0 aliphatic heterocycles. The minimum absolute atomic E-state index is 0.921. The molecule has 0 amide bonds. The first kappa shape index (κ1) is 17.2. The Bertz CT molecular complexity index is 2080. The molecule has 2 aromatic heterocycles. The fourth-order valence-corrected chi connectivity index (χ4v) is 5.69.